The predicted octanol–water partition coefficient (Wildman–Crippen LogP) is 17.4. The Labute approximate surface area is 422 Å². The largest absolute Gasteiger partial charge is 0.490 e. The summed E-state index contributed by atoms with van der Waals surface area (Å²) in [5.74, 6) is 0.443. The zero-order valence-electron chi connectivity index (χ0n) is 45.1. The molecule has 0 aliphatic heterocycles. The molecule has 0 radical (unpaired) electrons. The summed E-state index contributed by atoms with van der Waals surface area (Å²) in [5.41, 5.74) is 1.64. The summed E-state index contributed by atoms with van der Waals surface area (Å²) >= 11 is 0. The van der Waals surface area contributed by atoms with E-state index in [1.54, 1.807) is 13.8 Å². The van der Waals surface area contributed by atoms with Gasteiger partial charge < -0.3 is 28.4 Å². The van der Waals surface area contributed by atoms with E-state index in [9.17, 15) is 9.59 Å². The average Bonchev–Trinajstić information content (AvgIpc) is 3.34. The highest BCUT2D eigenvalue weighted by Gasteiger charge is 2.20. The van der Waals surface area contributed by atoms with Crippen LogP contribution in [0.4, 0.5) is 0 Å². The van der Waals surface area contributed by atoms with Crippen molar-refractivity contribution in [3.05, 3.63) is 60.2 Å². The van der Waals surface area contributed by atoms with Crippen LogP contribution in [-0.2, 0) is 28.5 Å². The van der Waals surface area contributed by atoms with Gasteiger partial charge in [-0.25, -0.2) is 9.59 Å². The van der Waals surface area contributed by atoms with Crippen LogP contribution < -0.4 is 9.47 Å². The molecular weight excluding hydrogens is 861 g/mol. The third kappa shape index (κ3) is 32.3. The Hall–Kier alpha value is -3.36. The van der Waals surface area contributed by atoms with E-state index >= 15 is 0 Å². The van der Waals surface area contributed by atoms with Crippen molar-refractivity contribution in [3.8, 4) is 11.5 Å². The zero-order valence-corrected chi connectivity index (χ0v) is 45.1. The lowest BCUT2D eigenvalue weighted by Gasteiger charge is -2.21. The summed E-state index contributed by atoms with van der Waals surface area (Å²) in [4.78, 5) is 25.1. The van der Waals surface area contributed by atoms with E-state index in [-0.39, 0.29) is 26.4 Å². The van der Waals surface area contributed by atoms with E-state index in [2.05, 4.69) is 27.0 Å². The van der Waals surface area contributed by atoms with Crippen LogP contribution in [0, 0.1) is 6.92 Å². The van der Waals surface area contributed by atoms with Gasteiger partial charge in [-0.3, -0.25) is 0 Å². The van der Waals surface area contributed by atoms with Gasteiger partial charge in [-0.15, -0.1) is 0 Å². The number of rotatable bonds is 48. The van der Waals surface area contributed by atoms with E-state index in [0.29, 0.717) is 35.9 Å². The van der Waals surface area contributed by atoms with Gasteiger partial charge in [0.25, 0.3) is 0 Å². The highest BCUT2D eigenvalue weighted by Crippen LogP contribution is 2.32. The maximum absolute atomic E-state index is 12.6. The number of benzene rings is 2. The summed E-state index contributed by atoms with van der Waals surface area (Å²) in [6.45, 7) is 19.4. The van der Waals surface area contributed by atoms with E-state index in [1.165, 1.54) is 180 Å². The van der Waals surface area contributed by atoms with Crippen LogP contribution in [0.1, 0.15) is 239 Å². The quantitative estimate of drug-likeness (QED) is 0.0368. The van der Waals surface area contributed by atoms with Gasteiger partial charge in [-0.05, 0) is 62.8 Å². The summed E-state index contributed by atoms with van der Waals surface area (Å²) in [6, 6.07) is 9.86. The summed E-state index contributed by atoms with van der Waals surface area (Å²) in [5, 5.41) is 1.84. The van der Waals surface area contributed by atoms with Gasteiger partial charge in [0, 0.05) is 29.7 Å². The fraction of sp³-hybridized carbons (Fsp3) is 0.738. The molecule has 0 bridgehead atoms. The summed E-state index contributed by atoms with van der Waals surface area (Å²) in [6.07, 6.45) is 41.3. The second-order valence-electron chi connectivity index (χ2n) is 20.1. The first-order chi connectivity index (χ1) is 33.7. The zero-order chi connectivity index (χ0) is 50.0. The second kappa shape index (κ2) is 42.3. The fourth-order valence-corrected chi connectivity index (χ4v) is 8.71. The minimum atomic E-state index is -0.586. The molecule has 0 aromatic heterocycles. The molecule has 0 N–H and O–H groups in total. The Bertz CT molecular complexity index is 1620. The first kappa shape index (κ1) is 61.8. The van der Waals surface area contributed by atoms with Gasteiger partial charge in [0.05, 0.1) is 13.2 Å². The van der Waals surface area contributed by atoms with Crippen LogP contribution in [-0.4, -0.2) is 63.8 Å². The number of esters is 2. The molecular formula is C61H102O8. The Balaban J connectivity index is 1.74. The lowest BCUT2D eigenvalue weighted by molar-refractivity contribution is -0.150. The molecule has 0 aliphatic rings. The number of unbranched alkanes of at least 4 members (excludes halogenated alkanes) is 30. The van der Waals surface area contributed by atoms with Crippen molar-refractivity contribution in [1.29, 1.82) is 0 Å². The molecule has 2 aromatic rings. The van der Waals surface area contributed by atoms with Crippen LogP contribution in [0.3, 0.4) is 0 Å². The Morgan fingerprint density at radius 1 is 0.449 bits per heavy atom. The van der Waals surface area contributed by atoms with Crippen molar-refractivity contribution in [2.24, 2.45) is 0 Å². The Kier molecular flexibility index (Phi) is 37.9. The molecule has 2 rings (SSSR count). The molecule has 0 heterocycles. The first-order valence-corrected chi connectivity index (χ1v) is 28.3. The minimum absolute atomic E-state index is 0.144. The van der Waals surface area contributed by atoms with Crippen molar-refractivity contribution >= 4 is 22.7 Å². The average molecular weight is 963 g/mol. The molecule has 0 spiro atoms. The third-order valence-electron chi connectivity index (χ3n) is 13.1. The molecule has 0 saturated carbocycles. The first-order valence-electron chi connectivity index (χ1n) is 28.3. The highest BCUT2D eigenvalue weighted by molar-refractivity contribution is 5.91. The lowest BCUT2D eigenvalue weighted by atomic mass is 10.0. The van der Waals surface area contributed by atoms with Gasteiger partial charge in [-0.1, -0.05) is 232 Å². The molecule has 8 nitrogen and oxygen atoms in total. The molecule has 69 heavy (non-hydrogen) atoms. The van der Waals surface area contributed by atoms with Crippen LogP contribution in [0.15, 0.2) is 54.6 Å². The minimum Gasteiger partial charge on any atom is -0.490 e. The SMILES string of the molecule is C=C(C)C(=O)OC(COCCCCCCCCCCCCCCCCCC)COc1ccc2c(OCC(COCCCCCCCCCCCCCCCCCC)OC(=O)C(=C)C)c(C)ccc2c1. The van der Waals surface area contributed by atoms with Gasteiger partial charge in [-0.2, -0.15) is 0 Å². The van der Waals surface area contributed by atoms with Gasteiger partial charge in [0.15, 0.2) is 12.2 Å². The molecule has 394 valence electrons. The Morgan fingerprint density at radius 2 is 0.797 bits per heavy atom. The lowest BCUT2D eigenvalue weighted by Crippen LogP contribution is -2.30. The molecule has 0 fully saturated rings. The molecule has 0 saturated heterocycles. The predicted molar refractivity (Wildman–Crippen MR) is 290 cm³/mol. The number of carbonyl (C=O) groups excluding carboxylic acids is 2. The molecule has 2 aromatic carbocycles. The number of hydrogen-bond acceptors (Lipinski definition) is 8. The summed E-state index contributed by atoms with van der Waals surface area (Å²) < 4.78 is 36.1. The molecule has 2 unspecified atom stereocenters. The smallest absolute Gasteiger partial charge is 0.333 e. The van der Waals surface area contributed by atoms with Crippen LogP contribution in [0.25, 0.3) is 10.8 Å². The molecule has 2 atom stereocenters. The van der Waals surface area contributed by atoms with E-state index in [4.69, 9.17) is 28.4 Å². The van der Waals surface area contributed by atoms with Crippen molar-refractivity contribution in [3.63, 3.8) is 0 Å². The van der Waals surface area contributed by atoms with Crippen molar-refractivity contribution in [1.82, 2.24) is 0 Å². The maximum Gasteiger partial charge on any atom is 0.333 e. The van der Waals surface area contributed by atoms with Gasteiger partial charge >= 0.3 is 11.9 Å². The monoisotopic (exact) mass is 963 g/mol. The van der Waals surface area contributed by atoms with E-state index < -0.39 is 24.1 Å². The van der Waals surface area contributed by atoms with Crippen molar-refractivity contribution < 1.29 is 38.0 Å². The summed E-state index contributed by atoms with van der Waals surface area (Å²) in [7, 11) is 0. The number of carbonyl (C=O) groups is 2. The van der Waals surface area contributed by atoms with Crippen LogP contribution >= 0.6 is 0 Å². The van der Waals surface area contributed by atoms with Gasteiger partial charge in [0.1, 0.15) is 24.7 Å². The van der Waals surface area contributed by atoms with Crippen LogP contribution in [0.2, 0.25) is 0 Å². The molecule has 0 amide bonds. The molecule has 0 aliphatic carbocycles. The molecule has 8 heteroatoms. The highest BCUT2D eigenvalue weighted by atomic mass is 16.6. The normalized spacial score (nSPS) is 12.2. The van der Waals surface area contributed by atoms with Crippen LogP contribution in [0.5, 0.6) is 11.5 Å². The number of hydrogen-bond donors (Lipinski definition) is 0. The number of aryl methyl sites for hydroxylation is 1. The van der Waals surface area contributed by atoms with E-state index in [1.807, 2.05) is 37.3 Å². The fourth-order valence-electron chi connectivity index (χ4n) is 8.71. The number of ether oxygens (including phenoxy) is 6. The number of fused-ring (bicyclic) bond motifs is 1. The van der Waals surface area contributed by atoms with Crippen molar-refractivity contribution in [2.75, 3.05) is 39.6 Å². The second-order valence-corrected chi connectivity index (χ2v) is 20.1. The third-order valence-corrected chi connectivity index (χ3v) is 13.1. The maximum atomic E-state index is 12.6. The van der Waals surface area contributed by atoms with Gasteiger partial charge in [0.2, 0.25) is 0 Å². The topological polar surface area (TPSA) is 89.5 Å². The van der Waals surface area contributed by atoms with E-state index in [0.717, 1.165) is 42.0 Å². The standard InChI is InChI=1S/C61H102O8/c1-8-10-12-14-16-18-20-22-24-26-28-30-32-34-36-38-44-64-47-56(68-60(62)51(3)4)49-66-55-42-43-58-54(46-55)41-40-53(7)59(58)67-50-57(69-61(63)52(5)6)48-65-45-39-37-35-33-31-29-27-25-23-21-19-17-15-13-11-9-2/h40-43,46,56-57H,3,5,8-39,44-45,47-50H2,1-2,4,6-7H3. The Morgan fingerprint density at radius 3 is 1.16 bits per heavy atom. The van der Waals surface area contributed by atoms with Crippen molar-refractivity contribution in [2.45, 2.75) is 252 Å².